The molecule has 1 aromatic heterocycles. The third kappa shape index (κ3) is 3.14. The number of rotatable bonds is 5. The van der Waals surface area contributed by atoms with E-state index in [1.54, 1.807) is 6.07 Å². The maximum Gasteiger partial charge on any atom is 0.269 e. The highest BCUT2D eigenvalue weighted by atomic mass is 32.2. The molecule has 1 N–H and O–H groups in total. The summed E-state index contributed by atoms with van der Waals surface area (Å²) in [5.41, 5.74) is 0.815. The molecule has 1 aliphatic rings. The van der Waals surface area contributed by atoms with Crippen molar-refractivity contribution in [2.45, 2.75) is 11.4 Å². The number of amides is 2. The minimum absolute atomic E-state index is 0.0553. The van der Waals surface area contributed by atoms with Crippen molar-refractivity contribution < 1.29 is 22.5 Å². The van der Waals surface area contributed by atoms with Crippen molar-refractivity contribution in [3.63, 3.8) is 0 Å². The molecule has 9 nitrogen and oxygen atoms in total. The maximum absolute atomic E-state index is 12.4. The molecule has 2 aromatic carbocycles. The van der Waals surface area contributed by atoms with Gasteiger partial charge >= 0.3 is 0 Å². The average molecular weight is 398 g/mol. The molecular weight excluding hydrogens is 384 g/mol. The smallest absolute Gasteiger partial charge is 0.269 e. The van der Waals surface area contributed by atoms with Crippen LogP contribution in [0.3, 0.4) is 0 Å². The molecule has 0 bridgehead atoms. The van der Waals surface area contributed by atoms with Gasteiger partial charge in [-0.1, -0.05) is 47.6 Å². The fraction of sp³-hybridized carbons (Fsp3) is 0.111. The Balaban J connectivity index is 1.41. The van der Waals surface area contributed by atoms with Crippen LogP contribution in [0.2, 0.25) is 0 Å². The lowest BCUT2D eigenvalue weighted by atomic mass is 10.2. The second kappa shape index (κ2) is 6.89. The van der Waals surface area contributed by atoms with Crippen LogP contribution >= 0.6 is 0 Å². The van der Waals surface area contributed by atoms with Crippen LogP contribution < -0.4 is 5.32 Å². The monoisotopic (exact) mass is 398 g/mol. The molecule has 1 aliphatic heterocycles. The minimum Gasteiger partial charge on any atom is -0.345 e. The zero-order chi connectivity index (χ0) is 19.7. The standard InChI is InChI=1S/C18H14N4O5S/c23-15(11-22-18(24)13-8-4-5-9-14(13)28(22,25)26)19-10-16-20-17(21-27-16)12-6-2-1-3-7-12/h1-9H,10-11H2,(H,19,23). The van der Waals surface area contributed by atoms with Crippen molar-refractivity contribution in [1.82, 2.24) is 19.8 Å². The lowest BCUT2D eigenvalue weighted by molar-refractivity contribution is -0.121. The van der Waals surface area contributed by atoms with Gasteiger partial charge in [-0.2, -0.15) is 4.98 Å². The summed E-state index contributed by atoms with van der Waals surface area (Å²) in [5, 5.41) is 6.31. The molecule has 28 heavy (non-hydrogen) atoms. The summed E-state index contributed by atoms with van der Waals surface area (Å²) < 4.78 is 30.5. The lowest BCUT2D eigenvalue weighted by Gasteiger charge is -2.14. The Morgan fingerprint density at radius 3 is 2.54 bits per heavy atom. The second-order valence-electron chi connectivity index (χ2n) is 5.97. The third-order valence-corrected chi connectivity index (χ3v) is 5.92. The van der Waals surface area contributed by atoms with E-state index in [2.05, 4.69) is 15.5 Å². The molecule has 0 fully saturated rings. The zero-order valence-corrected chi connectivity index (χ0v) is 15.2. The van der Waals surface area contributed by atoms with Crippen molar-refractivity contribution in [1.29, 1.82) is 0 Å². The summed E-state index contributed by atoms with van der Waals surface area (Å²) in [7, 11) is -4.03. The van der Waals surface area contributed by atoms with Crippen molar-refractivity contribution in [2.24, 2.45) is 0 Å². The Morgan fingerprint density at radius 2 is 1.79 bits per heavy atom. The number of carbonyl (C=O) groups is 2. The van der Waals surface area contributed by atoms with Crippen molar-refractivity contribution in [3.05, 3.63) is 66.1 Å². The molecule has 10 heteroatoms. The van der Waals surface area contributed by atoms with E-state index in [1.165, 1.54) is 18.2 Å². The van der Waals surface area contributed by atoms with E-state index in [0.29, 0.717) is 10.1 Å². The van der Waals surface area contributed by atoms with Crippen LogP contribution in [0.4, 0.5) is 0 Å². The van der Waals surface area contributed by atoms with Crippen molar-refractivity contribution in [3.8, 4) is 11.4 Å². The van der Waals surface area contributed by atoms with Crippen LogP contribution in [0, 0.1) is 0 Å². The van der Waals surface area contributed by atoms with E-state index in [1.807, 2.05) is 30.3 Å². The molecule has 2 heterocycles. The Labute approximate surface area is 160 Å². The molecule has 142 valence electrons. The SMILES string of the molecule is O=C(CN1C(=O)c2ccccc2S1(=O)=O)NCc1nc(-c2ccccc2)no1. The highest BCUT2D eigenvalue weighted by Crippen LogP contribution is 2.29. The summed E-state index contributed by atoms with van der Waals surface area (Å²) >= 11 is 0. The number of sulfonamides is 1. The molecule has 0 saturated heterocycles. The normalized spacial score (nSPS) is 14.7. The maximum atomic E-state index is 12.4. The molecule has 3 aromatic rings. The van der Waals surface area contributed by atoms with Crippen LogP contribution in [-0.2, 0) is 21.4 Å². The molecule has 0 unspecified atom stereocenters. The van der Waals surface area contributed by atoms with Crippen LogP contribution in [-0.4, -0.2) is 41.2 Å². The summed E-state index contributed by atoms with van der Waals surface area (Å²) in [6.45, 7) is -0.719. The van der Waals surface area contributed by atoms with Gasteiger partial charge in [0.1, 0.15) is 11.4 Å². The van der Waals surface area contributed by atoms with Crippen molar-refractivity contribution in [2.75, 3.05) is 6.54 Å². The van der Waals surface area contributed by atoms with Gasteiger partial charge in [0.25, 0.3) is 15.9 Å². The molecule has 0 spiro atoms. The van der Waals surface area contributed by atoms with Crippen LogP contribution in [0.5, 0.6) is 0 Å². The van der Waals surface area contributed by atoms with Gasteiger partial charge in [0.05, 0.1) is 12.1 Å². The predicted molar refractivity (Wildman–Crippen MR) is 96.2 cm³/mol. The van der Waals surface area contributed by atoms with E-state index in [4.69, 9.17) is 4.52 Å². The molecule has 0 radical (unpaired) electrons. The summed E-state index contributed by atoms with van der Waals surface area (Å²) in [6.07, 6.45) is 0. The zero-order valence-electron chi connectivity index (χ0n) is 14.4. The van der Waals surface area contributed by atoms with Gasteiger partial charge in [0, 0.05) is 5.56 Å². The molecule has 0 saturated carbocycles. The number of carbonyl (C=O) groups excluding carboxylic acids is 2. The first-order valence-electron chi connectivity index (χ1n) is 8.27. The highest BCUT2D eigenvalue weighted by Gasteiger charge is 2.41. The van der Waals surface area contributed by atoms with Crippen molar-refractivity contribution >= 4 is 21.8 Å². The lowest BCUT2D eigenvalue weighted by Crippen LogP contribution is -2.40. The largest absolute Gasteiger partial charge is 0.345 e. The van der Waals surface area contributed by atoms with Gasteiger partial charge in [0.15, 0.2) is 0 Å². The van der Waals surface area contributed by atoms with Gasteiger partial charge in [0.2, 0.25) is 17.6 Å². The van der Waals surface area contributed by atoms with Gasteiger partial charge in [-0.15, -0.1) is 0 Å². The quantitative estimate of drug-likeness (QED) is 0.685. The van der Waals surface area contributed by atoms with Crippen LogP contribution in [0.15, 0.2) is 64.0 Å². The number of nitrogens with one attached hydrogen (secondary N) is 1. The summed E-state index contributed by atoms with van der Waals surface area (Å²) in [4.78, 5) is 28.6. The number of fused-ring (bicyclic) bond motifs is 1. The average Bonchev–Trinajstić information content (AvgIpc) is 3.25. The van der Waals surface area contributed by atoms with Gasteiger partial charge < -0.3 is 9.84 Å². The highest BCUT2D eigenvalue weighted by molar-refractivity contribution is 7.90. The third-order valence-electron chi connectivity index (χ3n) is 4.14. The predicted octanol–water partition coefficient (Wildman–Crippen LogP) is 1.20. The fourth-order valence-electron chi connectivity index (χ4n) is 2.78. The molecule has 2 amide bonds. The van der Waals surface area contributed by atoms with E-state index < -0.39 is 28.4 Å². The number of benzene rings is 2. The Kier molecular flexibility index (Phi) is 4.40. The van der Waals surface area contributed by atoms with Crippen LogP contribution in [0.1, 0.15) is 16.2 Å². The van der Waals surface area contributed by atoms with Crippen LogP contribution in [0.25, 0.3) is 11.4 Å². The summed E-state index contributed by atoms with van der Waals surface area (Å²) in [5.74, 6) is -0.859. The Hall–Kier alpha value is -3.53. The Bertz CT molecular complexity index is 1160. The van der Waals surface area contributed by atoms with E-state index >= 15 is 0 Å². The first kappa shape index (κ1) is 17.9. The fourth-order valence-corrected chi connectivity index (χ4v) is 4.30. The first-order chi connectivity index (χ1) is 13.5. The van der Waals surface area contributed by atoms with E-state index in [-0.39, 0.29) is 22.9 Å². The number of aromatic nitrogens is 2. The minimum atomic E-state index is -4.03. The van der Waals surface area contributed by atoms with Gasteiger partial charge in [-0.05, 0) is 12.1 Å². The number of nitrogens with zero attached hydrogens (tertiary/aromatic N) is 3. The molecular formula is C18H14N4O5S. The van der Waals surface area contributed by atoms with Gasteiger partial charge in [-0.3, -0.25) is 9.59 Å². The van der Waals surface area contributed by atoms with E-state index in [0.717, 1.165) is 5.56 Å². The first-order valence-corrected chi connectivity index (χ1v) is 9.71. The topological polar surface area (TPSA) is 122 Å². The molecule has 0 aliphatic carbocycles. The Morgan fingerprint density at radius 1 is 1.07 bits per heavy atom. The van der Waals surface area contributed by atoms with E-state index in [9.17, 15) is 18.0 Å². The number of hydrogen-bond donors (Lipinski definition) is 1. The van der Waals surface area contributed by atoms with Gasteiger partial charge in [-0.25, -0.2) is 12.7 Å². The second-order valence-corrected chi connectivity index (χ2v) is 7.80. The number of hydrogen-bond acceptors (Lipinski definition) is 7. The molecule has 0 atom stereocenters. The molecule has 4 rings (SSSR count). The summed E-state index contributed by atoms with van der Waals surface area (Å²) in [6, 6.07) is 15.0.